The molecule has 176 valence electrons. The summed E-state index contributed by atoms with van der Waals surface area (Å²) in [5.74, 6) is 0. The van der Waals surface area contributed by atoms with Crippen LogP contribution in [0.4, 0.5) is 9.59 Å². The average Bonchev–Trinajstić information content (AvgIpc) is 2.71. The predicted molar refractivity (Wildman–Crippen MR) is 123 cm³/mol. The second kappa shape index (κ2) is 14.6. The maximum absolute atomic E-state index is 12.1. The van der Waals surface area contributed by atoms with E-state index < -0.39 is 24.6 Å². The molecule has 0 saturated carbocycles. The third kappa shape index (κ3) is 10.5. The van der Waals surface area contributed by atoms with Gasteiger partial charge in [-0.25, -0.2) is 14.5 Å². The van der Waals surface area contributed by atoms with E-state index in [4.69, 9.17) is 15.2 Å². The second-order valence-corrected chi connectivity index (χ2v) is 7.79. The quantitative estimate of drug-likeness (QED) is 0.318. The number of carbonyl (C=O) groups is 2. The Morgan fingerprint density at radius 1 is 1.00 bits per heavy atom. The van der Waals surface area contributed by atoms with Crippen LogP contribution in [0.1, 0.15) is 70.5 Å². The molecule has 1 rings (SSSR count). The number of unbranched alkanes of at least 4 members (excludes halogenated alkanes) is 2. The molecule has 0 aliphatic carbocycles. The third-order valence-electron chi connectivity index (χ3n) is 4.97. The van der Waals surface area contributed by atoms with E-state index in [1.807, 2.05) is 31.2 Å². The zero-order valence-corrected chi connectivity index (χ0v) is 19.6. The zero-order chi connectivity index (χ0) is 23.2. The summed E-state index contributed by atoms with van der Waals surface area (Å²) in [6, 6.07) is 7.60. The van der Waals surface area contributed by atoms with Crippen molar-refractivity contribution in [3.8, 4) is 0 Å². The Balaban J connectivity index is 2.84. The van der Waals surface area contributed by atoms with E-state index in [0.717, 1.165) is 36.8 Å². The maximum atomic E-state index is 12.1. The molecule has 3 atom stereocenters. The van der Waals surface area contributed by atoms with Crippen molar-refractivity contribution in [1.82, 2.24) is 15.5 Å². The first kappa shape index (κ1) is 26.7. The smallest absolute Gasteiger partial charge is 0.408 e. The Kier molecular flexibility index (Phi) is 12.6. The number of nitrogens with zero attached hydrogens (tertiary/aromatic N) is 1. The van der Waals surface area contributed by atoms with Gasteiger partial charge >= 0.3 is 12.2 Å². The zero-order valence-electron chi connectivity index (χ0n) is 19.6. The minimum atomic E-state index is -0.643. The first-order chi connectivity index (χ1) is 14.8. The van der Waals surface area contributed by atoms with Crippen LogP contribution in [-0.2, 0) is 9.47 Å². The number of ether oxygens (including phenoxy) is 2. The van der Waals surface area contributed by atoms with Crippen molar-refractivity contribution >= 4 is 12.2 Å². The van der Waals surface area contributed by atoms with Crippen LogP contribution < -0.4 is 16.4 Å². The van der Waals surface area contributed by atoms with Crippen LogP contribution in [0.15, 0.2) is 24.3 Å². The summed E-state index contributed by atoms with van der Waals surface area (Å²) in [6.07, 6.45) is 1.42. The maximum Gasteiger partial charge on any atom is 0.408 e. The van der Waals surface area contributed by atoms with Gasteiger partial charge in [-0.15, -0.1) is 0 Å². The lowest BCUT2D eigenvalue weighted by molar-refractivity contribution is -0.0940. The number of nitrogens with one attached hydrogen (secondary N) is 2. The minimum Gasteiger partial charge on any atom is -0.430 e. The number of rotatable bonds is 13. The van der Waals surface area contributed by atoms with Crippen LogP contribution >= 0.6 is 0 Å². The lowest BCUT2D eigenvalue weighted by Gasteiger charge is -2.35. The third-order valence-corrected chi connectivity index (χ3v) is 4.97. The molecule has 8 heteroatoms. The molecule has 0 fully saturated rings. The largest absolute Gasteiger partial charge is 0.430 e. The Hall–Kier alpha value is -2.32. The van der Waals surface area contributed by atoms with Gasteiger partial charge in [0.1, 0.15) is 0 Å². The van der Waals surface area contributed by atoms with Gasteiger partial charge in [-0.1, -0.05) is 56.5 Å². The van der Waals surface area contributed by atoms with Gasteiger partial charge in [0, 0.05) is 25.7 Å². The summed E-state index contributed by atoms with van der Waals surface area (Å²) in [7, 11) is 0. The Bertz CT molecular complexity index is 641. The fourth-order valence-electron chi connectivity index (χ4n) is 3.09. The molecule has 0 aromatic heterocycles. The first-order valence-corrected chi connectivity index (χ1v) is 11.2. The van der Waals surface area contributed by atoms with Gasteiger partial charge in [0.15, 0.2) is 12.5 Å². The first-order valence-electron chi connectivity index (χ1n) is 11.2. The van der Waals surface area contributed by atoms with Crippen molar-refractivity contribution in [3.05, 3.63) is 35.4 Å². The molecule has 8 nitrogen and oxygen atoms in total. The van der Waals surface area contributed by atoms with E-state index in [2.05, 4.69) is 24.5 Å². The number of benzene rings is 1. The lowest BCUT2D eigenvalue weighted by Crippen LogP contribution is -2.49. The van der Waals surface area contributed by atoms with Gasteiger partial charge in [-0.2, -0.15) is 0 Å². The Morgan fingerprint density at radius 2 is 1.52 bits per heavy atom. The molecule has 0 bridgehead atoms. The summed E-state index contributed by atoms with van der Waals surface area (Å²) >= 11 is 0. The highest BCUT2D eigenvalue weighted by molar-refractivity contribution is 5.67. The molecular formula is C23H40N4O4. The number of hydrogen-bond acceptors (Lipinski definition) is 6. The molecule has 0 heterocycles. The average molecular weight is 437 g/mol. The van der Waals surface area contributed by atoms with E-state index in [1.165, 1.54) is 0 Å². The molecule has 0 radical (unpaired) electrons. The van der Waals surface area contributed by atoms with E-state index >= 15 is 0 Å². The Labute approximate surface area is 186 Å². The summed E-state index contributed by atoms with van der Waals surface area (Å²) in [6.45, 7) is 11.0. The molecule has 4 N–H and O–H groups in total. The molecule has 0 aliphatic heterocycles. The molecule has 1 aromatic carbocycles. The van der Waals surface area contributed by atoms with Gasteiger partial charge in [0.05, 0.1) is 0 Å². The number of nitrogens with two attached hydrogens (primary N) is 1. The van der Waals surface area contributed by atoms with E-state index in [0.29, 0.717) is 19.6 Å². The SMILES string of the molecule is CCCCNC(=O)OC(C)N(CC(N)c1cccc(C)c1)C(C)OC(=O)NCCCC. The monoisotopic (exact) mass is 436 g/mol. The van der Waals surface area contributed by atoms with Crippen LogP contribution in [0.2, 0.25) is 0 Å². The number of hydrogen-bond donors (Lipinski definition) is 3. The molecule has 31 heavy (non-hydrogen) atoms. The van der Waals surface area contributed by atoms with Crippen molar-refractivity contribution in [2.75, 3.05) is 19.6 Å². The number of amides is 2. The summed E-state index contributed by atoms with van der Waals surface area (Å²) in [5, 5.41) is 5.47. The van der Waals surface area contributed by atoms with Crippen LogP contribution in [0.25, 0.3) is 0 Å². The number of carbonyl (C=O) groups excluding carboxylic acids is 2. The van der Waals surface area contributed by atoms with Crippen molar-refractivity contribution in [2.24, 2.45) is 5.73 Å². The van der Waals surface area contributed by atoms with Gasteiger partial charge in [-0.05, 0) is 39.2 Å². The normalized spacial score (nSPS) is 13.9. The Morgan fingerprint density at radius 3 is 1.97 bits per heavy atom. The molecular weight excluding hydrogens is 396 g/mol. The number of alkyl carbamates (subject to hydrolysis) is 2. The van der Waals surface area contributed by atoms with E-state index in [1.54, 1.807) is 18.7 Å². The fraction of sp³-hybridized carbons (Fsp3) is 0.652. The highest BCUT2D eigenvalue weighted by Crippen LogP contribution is 2.18. The molecule has 3 unspecified atom stereocenters. The van der Waals surface area contributed by atoms with Crippen LogP contribution in [0.3, 0.4) is 0 Å². The fourth-order valence-corrected chi connectivity index (χ4v) is 3.09. The molecule has 0 aliphatic rings. The van der Waals surface area contributed by atoms with Gasteiger partial charge in [-0.3, -0.25) is 0 Å². The highest BCUT2D eigenvalue weighted by atomic mass is 16.6. The van der Waals surface area contributed by atoms with Crippen LogP contribution in [0, 0.1) is 6.92 Å². The minimum absolute atomic E-state index is 0.344. The summed E-state index contributed by atoms with van der Waals surface area (Å²) < 4.78 is 11.1. The van der Waals surface area contributed by atoms with Gasteiger partial charge in [0.2, 0.25) is 0 Å². The molecule has 2 amide bonds. The summed E-state index contributed by atoms with van der Waals surface area (Å²) in [4.78, 5) is 26.1. The van der Waals surface area contributed by atoms with E-state index in [9.17, 15) is 9.59 Å². The second-order valence-electron chi connectivity index (χ2n) is 7.79. The van der Waals surface area contributed by atoms with Gasteiger partial charge < -0.3 is 25.8 Å². The standard InChI is InChI=1S/C23H40N4O4/c1-6-8-13-25-22(28)30-18(4)27(19(5)31-23(29)26-14-9-7-2)16-21(24)20-12-10-11-17(3)15-20/h10-12,15,18-19,21H,6-9,13-14,16,24H2,1-5H3,(H,25,28)(H,26,29). The van der Waals surface area contributed by atoms with Crippen molar-refractivity contribution in [2.45, 2.75) is 78.8 Å². The van der Waals surface area contributed by atoms with Crippen LogP contribution in [0.5, 0.6) is 0 Å². The predicted octanol–water partition coefficient (Wildman–Crippen LogP) is 4.04. The van der Waals surface area contributed by atoms with Gasteiger partial charge in [0.25, 0.3) is 0 Å². The molecule has 0 saturated heterocycles. The van der Waals surface area contributed by atoms with Crippen molar-refractivity contribution in [1.29, 1.82) is 0 Å². The summed E-state index contributed by atoms with van der Waals surface area (Å²) in [5.41, 5.74) is 8.52. The van der Waals surface area contributed by atoms with Crippen LogP contribution in [-0.4, -0.2) is 49.2 Å². The highest BCUT2D eigenvalue weighted by Gasteiger charge is 2.28. The topological polar surface area (TPSA) is 106 Å². The lowest BCUT2D eigenvalue weighted by atomic mass is 10.0. The van der Waals surface area contributed by atoms with E-state index in [-0.39, 0.29) is 6.04 Å². The van der Waals surface area contributed by atoms with Crippen molar-refractivity contribution < 1.29 is 19.1 Å². The number of aryl methyl sites for hydroxylation is 1. The molecule has 0 spiro atoms. The van der Waals surface area contributed by atoms with Crippen molar-refractivity contribution in [3.63, 3.8) is 0 Å². The molecule has 1 aromatic rings.